The van der Waals surface area contributed by atoms with E-state index in [9.17, 15) is 8.42 Å². The molecule has 108 valence electrons. The first kappa shape index (κ1) is 14.3. The van der Waals surface area contributed by atoms with Crippen molar-refractivity contribution < 1.29 is 8.42 Å². The summed E-state index contributed by atoms with van der Waals surface area (Å²) in [5.41, 5.74) is 0.540. The molecule has 6 nitrogen and oxygen atoms in total. The first-order chi connectivity index (χ1) is 9.09. The zero-order valence-electron chi connectivity index (χ0n) is 11.3. The monoisotopic (exact) mass is 286 g/mol. The Kier molecular flexibility index (Phi) is 4.81. The van der Waals surface area contributed by atoms with Crippen molar-refractivity contribution in [3.63, 3.8) is 0 Å². The van der Waals surface area contributed by atoms with Crippen LogP contribution >= 0.6 is 0 Å². The Morgan fingerprint density at radius 2 is 2.21 bits per heavy atom. The summed E-state index contributed by atoms with van der Waals surface area (Å²) in [6.07, 6.45) is 7.34. The van der Waals surface area contributed by atoms with Crippen molar-refractivity contribution in [2.24, 2.45) is 0 Å². The van der Waals surface area contributed by atoms with Crippen LogP contribution in [0, 0.1) is 0 Å². The summed E-state index contributed by atoms with van der Waals surface area (Å²) < 4.78 is 27.9. The van der Waals surface area contributed by atoms with Crippen molar-refractivity contribution in [2.45, 2.75) is 45.2 Å². The molecule has 0 saturated heterocycles. The van der Waals surface area contributed by atoms with E-state index in [1.165, 1.54) is 19.0 Å². The highest BCUT2D eigenvalue weighted by Gasteiger charge is 2.19. The van der Waals surface area contributed by atoms with Crippen molar-refractivity contribution in [3.8, 4) is 0 Å². The molecule has 1 aromatic rings. The van der Waals surface area contributed by atoms with Crippen molar-refractivity contribution in [2.75, 3.05) is 17.0 Å². The fourth-order valence-electron chi connectivity index (χ4n) is 1.83. The molecule has 1 fully saturated rings. The van der Waals surface area contributed by atoms with Gasteiger partial charge < -0.3 is 5.32 Å². The minimum Gasteiger partial charge on any atom is -0.314 e. The smallest absolute Gasteiger partial charge is 0.232 e. The van der Waals surface area contributed by atoms with E-state index in [4.69, 9.17) is 0 Å². The van der Waals surface area contributed by atoms with Crippen LogP contribution in [-0.4, -0.2) is 36.5 Å². The molecule has 2 N–H and O–H groups in total. The van der Waals surface area contributed by atoms with Gasteiger partial charge in [0.1, 0.15) is 0 Å². The Labute approximate surface area is 114 Å². The highest BCUT2D eigenvalue weighted by molar-refractivity contribution is 7.92. The highest BCUT2D eigenvalue weighted by Crippen LogP contribution is 2.18. The molecule has 0 atom stereocenters. The van der Waals surface area contributed by atoms with Crippen LogP contribution < -0.4 is 10.0 Å². The van der Waals surface area contributed by atoms with E-state index in [-0.39, 0.29) is 5.75 Å². The van der Waals surface area contributed by atoms with E-state index >= 15 is 0 Å². The molecule has 19 heavy (non-hydrogen) atoms. The van der Waals surface area contributed by atoms with E-state index < -0.39 is 10.0 Å². The molecule has 0 unspecified atom stereocenters. The Bertz CT molecular complexity index is 494. The van der Waals surface area contributed by atoms with E-state index in [2.05, 4.69) is 15.1 Å². The van der Waals surface area contributed by atoms with Gasteiger partial charge in [-0.05, 0) is 39.2 Å². The molecule has 0 amide bonds. The van der Waals surface area contributed by atoms with Gasteiger partial charge in [0.05, 0.1) is 17.6 Å². The summed E-state index contributed by atoms with van der Waals surface area (Å²) in [5, 5.41) is 7.41. The molecule has 2 rings (SSSR count). The molecule has 0 aliphatic heterocycles. The Hall–Kier alpha value is -1.08. The molecule has 1 saturated carbocycles. The van der Waals surface area contributed by atoms with Gasteiger partial charge in [0.2, 0.25) is 10.0 Å². The molecule has 0 bridgehead atoms. The lowest BCUT2D eigenvalue weighted by molar-refractivity contribution is 0.591. The number of nitrogens with one attached hydrogen (secondary N) is 2. The largest absolute Gasteiger partial charge is 0.314 e. The standard InChI is InChI=1S/C12H22N4O2S/c1-2-16-10-12(9-14-16)15-19(17,18)8-4-3-7-13-11-5-6-11/h9-11,13,15H,2-8H2,1H3. The van der Waals surface area contributed by atoms with Gasteiger partial charge in [-0.1, -0.05) is 0 Å². The second-order valence-electron chi connectivity index (χ2n) is 4.94. The molecule has 0 aromatic carbocycles. The molecule has 7 heteroatoms. The molecule has 1 heterocycles. The number of hydrogen-bond donors (Lipinski definition) is 2. The average Bonchev–Trinajstić information content (AvgIpc) is 3.07. The van der Waals surface area contributed by atoms with Crippen LogP contribution in [0.3, 0.4) is 0 Å². The average molecular weight is 286 g/mol. The number of aryl methyl sites for hydroxylation is 1. The summed E-state index contributed by atoms with van der Waals surface area (Å²) in [5.74, 6) is 0.163. The molecule has 1 aliphatic carbocycles. The Morgan fingerprint density at radius 3 is 2.84 bits per heavy atom. The van der Waals surface area contributed by atoms with Gasteiger partial charge in [0.15, 0.2) is 0 Å². The van der Waals surface area contributed by atoms with Crippen molar-refractivity contribution in [3.05, 3.63) is 12.4 Å². The van der Waals surface area contributed by atoms with E-state index in [1.54, 1.807) is 10.9 Å². The van der Waals surface area contributed by atoms with Gasteiger partial charge in [-0.25, -0.2) is 8.42 Å². The van der Waals surface area contributed by atoms with Crippen LogP contribution in [0.25, 0.3) is 0 Å². The first-order valence-electron chi connectivity index (χ1n) is 6.85. The molecular weight excluding hydrogens is 264 g/mol. The van der Waals surface area contributed by atoms with Gasteiger partial charge in [0.25, 0.3) is 0 Å². The number of hydrogen-bond acceptors (Lipinski definition) is 4. The van der Waals surface area contributed by atoms with E-state index in [0.29, 0.717) is 18.2 Å². The molecule has 1 aromatic heterocycles. The van der Waals surface area contributed by atoms with Crippen LogP contribution in [0.15, 0.2) is 12.4 Å². The summed E-state index contributed by atoms with van der Waals surface area (Å²) in [6.45, 7) is 3.60. The maximum absolute atomic E-state index is 11.8. The summed E-state index contributed by atoms with van der Waals surface area (Å²) in [6, 6.07) is 0.689. The van der Waals surface area contributed by atoms with Gasteiger partial charge in [0, 0.05) is 18.8 Å². The number of aromatic nitrogens is 2. The third-order valence-electron chi connectivity index (χ3n) is 3.08. The van der Waals surface area contributed by atoms with Crippen LogP contribution in [-0.2, 0) is 16.6 Å². The summed E-state index contributed by atoms with van der Waals surface area (Å²) in [7, 11) is -3.25. The zero-order valence-corrected chi connectivity index (χ0v) is 12.1. The number of nitrogens with zero attached hydrogens (tertiary/aromatic N) is 2. The summed E-state index contributed by atoms with van der Waals surface area (Å²) >= 11 is 0. The van der Waals surface area contributed by atoms with Crippen molar-refractivity contribution in [1.82, 2.24) is 15.1 Å². The lowest BCUT2D eigenvalue weighted by atomic mass is 10.3. The van der Waals surface area contributed by atoms with Crippen molar-refractivity contribution >= 4 is 15.7 Å². The van der Waals surface area contributed by atoms with Gasteiger partial charge in [-0.2, -0.15) is 5.10 Å². The van der Waals surface area contributed by atoms with Crippen LogP contribution in [0.4, 0.5) is 5.69 Å². The highest BCUT2D eigenvalue weighted by atomic mass is 32.2. The summed E-state index contributed by atoms with van der Waals surface area (Å²) in [4.78, 5) is 0. The Balaban J connectivity index is 1.68. The number of anilines is 1. The lowest BCUT2D eigenvalue weighted by Gasteiger charge is -2.06. The number of sulfonamides is 1. The van der Waals surface area contributed by atoms with E-state index in [0.717, 1.165) is 19.5 Å². The maximum atomic E-state index is 11.8. The predicted octanol–water partition coefficient (Wildman–Crippen LogP) is 1.18. The lowest BCUT2D eigenvalue weighted by Crippen LogP contribution is -2.20. The van der Waals surface area contributed by atoms with Gasteiger partial charge >= 0.3 is 0 Å². The van der Waals surface area contributed by atoms with Crippen LogP contribution in [0.5, 0.6) is 0 Å². The van der Waals surface area contributed by atoms with E-state index in [1.807, 2.05) is 6.92 Å². The topological polar surface area (TPSA) is 76.0 Å². The second kappa shape index (κ2) is 6.38. The molecule has 0 spiro atoms. The minimum atomic E-state index is -3.25. The molecule has 1 aliphatic rings. The minimum absolute atomic E-state index is 0.163. The normalized spacial score (nSPS) is 15.6. The molecule has 0 radical (unpaired) electrons. The Morgan fingerprint density at radius 1 is 1.42 bits per heavy atom. The number of rotatable bonds is 9. The quantitative estimate of drug-likeness (QED) is 0.668. The third-order valence-corrected chi connectivity index (χ3v) is 4.45. The second-order valence-corrected chi connectivity index (χ2v) is 6.78. The third kappa shape index (κ3) is 5.20. The van der Waals surface area contributed by atoms with Gasteiger partial charge in [-0.3, -0.25) is 9.40 Å². The fourth-order valence-corrected chi connectivity index (χ4v) is 2.98. The maximum Gasteiger partial charge on any atom is 0.232 e. The van der Waals surface area contributed by atoms with Crippen molar-refractivity contribution in [1.29, 1.82) is 0 Å². The predicted molar refractivity (Wildman–Crippen MR) is 75.6 cm³/mol. The molecular formula is C12H22N4O2S. The SMILES string of the molecule is CCn1cc(NS(=O)(=O)CCCCNC2CC2)cn1. The fraction of sp³-hybridized carbons (Fsp3) is 0.750. The van der Waals surface area contributed by atoms with Crippen LogP contribution in [0.2, 0.25) is 0 Å². The van der Waals surface area contributed by atoms with Gasteiger partial charge in [-0.15, -0.1) is 0 Å². The van der Waals surface area contributed by atoms with Crippen LogP contribution in [0.1, 0.15) is 32.6 Å². The number of unbranched alkanes of at least 4 members (excludes halogenated alkanes) is 1. The zero-order chi connectivity index (χ0) is 13.7. The first-order valence-corrected chi connectivity index (χ1v) is 8.50.